The Morgan fingerprint density at radius 3 is 2.04 bits per heavy atom. The average Bonchev–Trinajstić information content (AvgIpc) is 2.68. The number of hydrogen-bond donors (Lipinski definition) is 0. The molecule has 0 N–H and O–H groups in total. The molecule has 0 bridgehead atoms. The Morgan fingerprint density at radius 2 is 1.31 bits per heavy atom. The van der Waals surface area contributed by atoms with Crippen LogP contribution in [0.3, 0.4) is 0 Å². The normalized spacial score (nSPS) is 10.2. The Bertz CT molecular complexity index is 873. The Hall–Kier alpha value is -3.40. The minimum Gasteiger partial charge on any atom is -0.457 e. The van der Waals surface area contributed by atoms with Gasteiger partial charge in [-0.1, -0.05) is 60.7 Å². The summed E-state index contributed by atoms with van der Waals surface area (Å²) in [5.41, 5.74) is 1.53. The van der Waals surface area contributed by atoms with Gasteiger partial charge in [-0.05, 0) is 35.4 Å². The minimum atomic E-state index is -0.830. The van der Waals surface area contributed by atoms with Crippen molar-refractivity contribution in [2.24, 2.45) is 0 Å². The third-order valence-corrected chi connectivity index (χ3v) is 3.68. The van der Waals surface area contributed by atoms with E-state index in [1.807, 2.05) is 60.7 Å². The predicted octanol–water partition coefficient (Wildman–Crippen LogP) is 4.33. The molecular formula is C22H18O4. The molecule has 3 aromatic rings. The van der Waals surface area contributed by atoms with Gasteiger partial charge in [0.15, 0.2) is 0 Å². The molecule has 0 saturated carbocycles. The van der Waals surface area contributed by atoms with Crippen LogP contribution in [0.25, 0.3) is 0 Å². The third kappa shape index (κ3) is 5.05. The van der Waals surface area contributed by atoms with Crippen molar-refractivity contribution < 1.29 is 19.1 Å². The summed E-state index contributed by atoms with van der Waals surface area (Å²) in [6.45, 7) is 0.0859. The van der Waals surface area contributed by atoms with E-state index in [1.54, 1.807) is 24.3 Å². The van der Waals surface area contributed by atoms with E-state index in [-0.39, 0.29) is 13.0 Å². The number of para-hydroxylation sites is 1. The van der Waals surface area contributed by atoms with Crippen LogP contribution in [-0.4, -0.2) is 11.8 Å². The fourth-order valence-corrected chi connectivity index (χ4v) is 2.40. The second-order valence-corrected chi connectivity index (χ2v) is 5.72. The molecule has 0 fully saturated rings. The molecule has 3 aromatic carbocycles. The topological polar surface area (TPSA) is 52.6 Å². The number of esters is 1. The van der Waals surface area contributed by atoms with E-state index in [1.165, 1.54) is 0 Å². The van der Waals surface area contributed by atoms with Crippen molar-refractivity contribution >= 4 is 11.8 Å². The molecule has 0 saturated heterocycles. The van der Waals surface area contributed by atoms with Gasteiger partial charge in [-0.25, -0.2) is 4.79 Å². The van der Waals surface area contributed by atoms with Gasteiger partial charge in [0.05, 0.1) is 0 Å². The molecule has 0 aliphatic rings. The molecule has 0 atom stereocenters. The van der Waals surface area contributed by atoms with Crippen LogP contribution in [0.1, 0.15) is 11.1 Å². The lowest BCUT2D eigenvalue weighted by molar-refractivity contribution is -0.154. The molecule has 0 unspecified atom stereocenters. The van der Waals surface area contributed by atoms with Crippen molar-refractivity contribution in [2.45, 2.75) is 13.0 Å². The molecule has 0 radical (unpaired) electrons. The lowest BCUT2D eigenvalue weighted by atomic mass is 10.1. The summed E-state index contributed by atoms with van der Waals surface area (Å²) in [5.74, 6) is -0.0987. The fraction of sp³-hybridized carbons (Fsp3) is 0.0909. The number of ether oxygens (including phenoxy) is 2. The summed E-state index contributed by atoms with van der Waals surface area (Å²) in [7, 11) is 0. The number of Topliss-reactive ketones (excluding diaryl/α,β-unsaturated/α-hetero) is 1. The molecule has 3 rings (SSSR count). The lowest BCUT2D eigenvalue weighted by Gasteiger charge is -2.08. The summed E-state index contributed by atoms with van der Waals surface area (Å²) in [5, 5.41) is 0. The van der Waals surface area contributed by atoms with Crippen molar-refractivity contribution in [3.05, 3.63) is 96.1 Å². The molecule has 4 heteroatoms. The van der Waals surface area contributed by atoms with Gasteiger partial charge in [-0.15, -0.1) is 0 Å². The number of hydrogen-bond acceptors (Lipinski definition) is 4. The molecular weight excluding hydrogens is 328 g/mol. The molecule has 26 heavy (non-hydrogen) atoms. The van der Waals surface area contributed by atoms with Crippen LogP contribution in [0.15, 0.2) is 84.9 Å². The van der Waals surface area contributed by atoms with Crippen molar-refractivity contribution in [3.63, 3.8) is 0 Å². The zero-order valence-corrected chi connectivity index (χ0v) is 14.1. The van der Waals surface area contributed by atoms with Crippen LogP contribution in [0, 0.1) is 0 Å². The van der Waals surface area contributed by atoms with Gasteiger partial charge in [0.25, 0.3) is 0 Å². The van der Waals surface area contributed by atoms with E-state index in [9.17, 15) is 9.59 Å². The minimum absolute atomic E-state index is 0.0282. The summed E-state index contributed by atoms with van der Waals surface area (Å²) in [6, 6.07) is 25.7. The van der Waals surface area contributed by atoms with Crippen LogP contribution in [0.4, 0.5) is 0 Å². The monoisotopic (exact) mass is 346 g/mol. The van der Waals surface area contributed by atoms with E-state index in [2.05, 4.69) is 0 Å². The van der Waals surface area contributed by atoms with E-state index in [0.717, 1.165) is 5.56 Å². The Morgan fingerprint density at radius 1 is 0.692 bits per heavy atom. The largest absolute Gasteiger partial charge is 0.457 e. The first kappa shape index (κ1) is 17.4. The smallest absolute Gasteiger partial charge is 0.375 e. The molecule has 0 heterocycles. The van der Waals surface area contributed by atoms with Crippen LogP contribution in [0.2, 0.25) is 0 Å². The second-order valence-electron chi connectivity index (χ2n) is 5.72. The quantitative estimate of drug-likeness (QED) is 0.472. The standard InChI is InChI=1S/C22H18O4/c23-21(22(24)25-16-17-8-3-1-4-9-17)15-18-10-7-13-20(14-18)26-19-11-5-2-6-12-19/h1-14H,15-16H2. The lowest BCUT2D eigenvalue weighted by Crippen LogP contribution is -2.19. The summed E-state index contributed by atoms with van der Waals surface area (Å²) in [4.78, 5) is 24.0. The SMILES string of the molecule is O=C(Cc1cccc(Oc2ccccc2)c1)C(=O)OCc1ccccc1. The van der Waals surface area contributed by atoms with Gasteiger partial charge in [-0.2, -0.15) is 0 Å². The highest BCUT2D eigenvalue weighted by Gasteiger charge is 2.16. The maximum absolute atomic E-state index is 12.1. The van der Waals surface area contributed by atoms with Crippen LogP contribution < -0.4 is 4.74 Å². The van der Waals surface area contributed by atoms with E-state index >= 15 is 0 Å². The van der Waals surface area contributed by atoms with E-state index < -0.39 is 11.8 Å². The molecule has 0 spiro atoms. The highest BCUT2D eigenvalue weighted by molar-refractivity contribution is 6.34. The Labute approximate surface area is 152 Å². The zero-order chi connectivity index (χ0) is 18.2. The Kier molecular flexibility index (Phi) is 5.78. The number of ketones is 1. The molecule has 130 valence electrons. The van der Waals surface area contributed by atoms with Gasteiger partial charge in [0, 0.05) is 6.42 Å². The maximum Gasteiger partial charge on any atom is 0.375 e. The first-order valence-corrected chi connectivity index (χ1v) is 8.26. The molecule has 0 amide bonds. The highest BCUT2D eigenvalue weighted by atomic mass is 16.5. The fourth-order valence-electron chi connectivity index (χ4n) is 2.40. The van der Waals surface area contributed by atoms with Crippen LogP contribution in [-0.2, 0) is 27.4 Å². The molecule has 0 aliphatic carbocycles. The van der Waals surface area contributed by atoms with Crippen molar-refractivity contribution in [1.29, 1.82) is 0 Å². The van der Waals surface area contributed by atoms with Gasteiger partial charge < -0.3 is 9.47 Å². The van der Waals surface area contributed by atoms with Gasteiger partial charge in [0.2, 0.25) is 5.78 Å². The maximum atomic E-state index is 12.1. The number of rotatable bonds is 7. The summed E-state index contributed by atoms with van der Waals surface area (Å²) in [6.07, 6.45) is -0.0282. The van der Waals surface area contributed by atoms with Gasteiger partial charge in [-0.3, -0.25) is 4.79 Å². The number of carbonyl (C=O) groups is 2. The van der Waals surface area contributed by atoms with Crippen molar-refractivity contribution in [2.75, 3.05) is 0 Å². The molecule has 4 nitrogen and oxygen atoms in total. The van der Waals surface area contributed by atoms with Crippen molar-refractivity contribution in [1.82, 2.24) is 0 Å². The summed E-state index contributed by atoms with van der Waals surface area (Å²) < 4.78 is 10.8. The highest BCUT2D eigenvalue weighted by Crippen LogP contribution is 2.22. The van der Waals surface area contributed by atoms with Crippen LogP contribution in [0.5, 0.6) is 11.5 Å². The third-order valence-electron chi connectivity index (χ3n) is 3.68. The summed E-state index contributed by atoms with van der Waals surface area (Å²) >= 11 is 0. The Balaban J connectivity index is 1.57. The van der Waals surface area contributed by atoms with Crippen LogP contribution >= 0.6 is 0 Å². The van der Waals surface area contributed by atoms with E-state index in [0.29, 0.717) is 17.1 Å². The van der Waals surface area contributed by atoms with Gasteiger partial charge >= 0.3 is 5.97 Å². The molecule has 0 aromatic heterocycles. The predicted molar refractivity (Wildman–Crippen MR) is 97.9 cm³/mol. The average molecular weight is 346 g/mol. The van der Waals surface area contributed by atoms with E-state index in [4.69, 9.17) is 9.47 Å². The molecule has 0 aliphatic heterocycles. The second kappa shape index (κ2) is 8.62. The van der Waals surface area contributed by atoms with Crippen molar-refractivity contribution in [3.8, 4) is 11.5 Å². The first-order valence-electron chi connectivity index (χ1n) is 8.26. The number of benzene rings is 3. The first-order chi connectivity index (χ1) is 12.7. The number of carbonyl (C=O) groups excluding carboxylic acids is 2. The zero-order valence-electron chi connectivity index (χ0n) is 14.1. The van der Waals surface area contributed by atoms with Gasteiger partial charge in [0.1, 0.15) is 18.1 Å².